The van der Waals surface area contributed by atoms with E-state index in [2.05, 4.69) is 0 Å². The van der Waals surface area contributed by atoms with Crippen molar-refractivity contribution in [2.45, 2.75) is 118 Å². The van der Waals surface area contributed by atoms with Gasteiger partial charge >= 0.3 is 29.8 Å². The third-order valence-electron chi connectivity index (χ3n) is 9.65. The predicted octanol–water partition coefficient (Wildman–Crippen LogP) is 3.21. The lowest BCUT2D eigenvalue weighted by Gasteiger charge is -2.62. The molecule has 0 aromatic rings. The van der Waals surface area contributed by atoms with Crippen LogP contribution in [0.25, 0.3) is 0 Å². The van der Waals surface area contributed by atoms with Gasteiger partial charge in [0, 0.05) is 52.9 Å². The number of fused-ring (bicyclic) bond motifs is 4. The molecule has 1 heterocycles. The maximum atomic E-state index is 12.8. The number of carbonyl (C=O) groups excluding carboxylic acids is 5. The number of hydrogen-bond acceptors (Lipinski definition) is 11. The van der Waals surface area contributed by atoms with Gasteiger partial charge in [0.1, 0.15) is 23.9 Å². The summed E-state index contributed by atoms with van der Waals surface area (Å²) >= 11 is 0. The van der Waals surface area contributed by atoms with E-state index >= 15 is 0 Å². The average Bonchev–Trinajstić information content (AvgIpc) is 3.59. The van der Waals surface area contributed by atoms with E-state index in [1.165, 1.54) is 34.6 Å². The first-order chi connectivity index (χ1) is 19.0. The minimum Gasteiger partial charge on any atom is -0.462 e. The van der Waals surface area contributed by atoms with Crippen LogP contribution in [0.3, 0.4) is 0 Å². The van der Waals surface area contributed by atoms with Crippen molar-refractivity contribution in [3.05, 3.63) is 11.1 Å². The highest BCUT2D eigenvalue weighted by atomic mass is 16.6. The van der Waals surface area contributed by atoms with Gasteiger partial charge in [-0.2, -0.15) is 0 Å². The zero-order valence-corrected chi connectivity index (χ0v) is 25.4. The van der Waals surface area contributed by atoms with Crippen molar-refractivity contribution in [3.8, 4) is 0 Å². The van der Waals surface area contributed by atoms with Crippen LogP contribution in [0.15, 0.2) is 11.1 Å². The van der Waals surface area contributed by atoms with Crippen molar-refractivity contribution in [3.63, 3.8) is 0 Å². The van der Waals surface area contributed by atoms with E-state index in [0.29, 0.717) is 12.8 Å². The number of rotatable bonds is 5. The van der Waals surface area contributed by atoms with E-state index in [4.69, 9.17) is 28.4 Å². The minimum atomic E-state index is -1.32. The van der Waals surface area contributed by atoms with Crippen LogP contribution in [-0.4, -0.2) is 72.6 Å². The molecule has 11 nitrogen and oxygen atoms in total. The van der Waals surface area contributed by atoms with E-state index in [0.717, 1.165) is 11.1 Å². The number of ether oxygens (including phenoxy) is 6. The molecule has 2 saturated carbocycles. The van der Waals surface area contributed by atoms with Crippen LogP contribution in [0.5, 0.6) is 0 Å². The highest BCUT2D eigenvalue weighted by Crippen LogP contribution is 2.65. The lowest BCUT2D eigenvalue weighted by molar-refractivity contribution is -0.257. The van der Waals surface area contributed by atoms with E-state index < -0.39 is 82.7 Å². The smallest absolute Gasteiger partial charge is 0.303 e. The molecule has 0 aromatic carbocycles. The van der Waals surface area contributed by atoms with Gasteiger partial charge in [-0.1, -0.05) is 26.3 Å². The topological polar surface area (TPSA) is 144 Å². The summed E-state index contributed by atoms with van der Waals surface area (Å²) in [6, 6.07) is 0. The molecular weight excluding hydrogens is 536 g/mol. The summed E-state index contributed by atoms with van der Waals surface area (Å²) in [5.41, 5.74) is -1.37. The Bertz CT molecular complexity index is 1160. The number of allylic oxidation sites excluding steroid dienone is 1. The van der Waals surface area contributed by atoms with Crippen LogP contribution < -0.4 is 0 Å². The normalized spacial score (nSPS) is 38.9. The summed E-state index contributed by atoms with van der Waals surface area (Å²) in [6.45, 7) is 14.4. The summed E-state index contributed by atoms with van der Waals surface area (Å²) in [6.07, 6.45) is -3.53. The lowest BCUT2D eigenvalue weighted by Crippen LogP contribution is -2.72. The first kappa shape index (κ1) is 31.0. The molecule has 0 radical (unpaired) electrons. The molecule has 0 N–H and O–H groups in total. The van der Waals surface area contributed by atoms with Gasteiger partial charge in [0.2, 0.25) is 0 Å². The number of epoxide rings is 1. The number of esters is 5. The maximum absolute atomic E-state index is 12.8. The Balaban J connectivity index is 2.10. The number of carbonyl (C=O) groups is 5. The fourth-order valence-corrected chi connectivity index (χ4v) is 8.26. The lowest BCUT2D eigenvalue weighted by atomic mass is 9.47. The number of hydrogen-bond donors (Lipinski definition) is 0. The molecule has 4 rings (SSSR count). The van der Waals surface area contributed by atoms with Crippen LogP contribution in [0, 0.1) is 22.7 Å². The van der Waals surface area contributed by atoms with Crippen LogP contribution in [0.4, 0.5) is 0 Å². The highest BCUT2D eigenvalue weighted by Gasteiger charge is 2.77. The molecule has 11 heteroatoms. The van der Waals surface area contributed by atoms with Gasteiger partial charge < -0.3 is 28.4 Å². The maximum Gasteiger partial charge on any atom is 0.303 e. The van der Waals surface area contributed by atoms with E-state index in [1.54, 1.807) is 6.92 Å². The van der Waals surface area contributed by atoms with Crippen LogP contribution in [0.2, 0.25) is 0 Å². The van der Waals surface area contributed by atoms with Gasteiger partial charge in [0.15, 0.2) is 12.2 Å². The van der Waals surface area contributed by atoms with Crippen LogP contribution in [0.1, 0.15) is 81.6 Å². The molecule has 3 fully saturated rings. The molecule has 9 atom stereocenters. The molecular formula is C30H42O11. The molecule has 2 bridgehead atoms. The molecule has 0 amide bonds. The Hall–Kier alpha value is -2.95. The fraction of sp³-hybridized carbons (Fsp3) is 0.767. The highest BCUT2D eigenvalue weighted by molar-refractivity contribution is 5.69. The monoisotopic (exact) mass is 578 g/mol. The Labute approximate surface area is 240 Å². The Kier molecular flexibility index (Phi) is 8.10. The molecule has 9 unspecified atom stereocenters. The third-order valence-corrected chi connectivity index (χ3v) is 9.65. The fourth-order valence-electron chi connectivity index (χ4n) is 8.26. The Morgan fingerprint density at radius 3 is 1.76 bits per heavy atom. The molecule has 3 aliphatic carbocycles. The zero-order valence-electron chi connectivity index (χ0n) is 25.4. The van der Waals surface area contributed by atoms with Crippen molar-refractivity contribution in [1.29, 1.82) is 0 Å². The molecule has 228 valence electrons. The first-order valence-electron chi connectivity index (χ1n) is 14.2. The molecule has 1 spiro atoms. The second-order valence-corrected chi connectivity index (χ2v) is 12.7. The largest absolute Gasteiger partial charge is 0.462 e. The summed E-state index contributed by atoms with van der Waals surface area (Å²) in [7, 11) is 0. The van der Waals surface area contributed by atoms with Crippen molar-refractivity contribution in [1.82, 2.24) is 0 Å². The predicted molar refractivity (Wildman–Crippen MR) is 142 cm³/mol. The van der Waals surface area contributed by atoms with Crippen LogP contribution in [-0.2, 0) is 52.4 Å². The Morgan fingerprint density at radius 1 is 0.756 bits per heavy atom. The molecule has 1 aliphatic heterocycles. The summed E-state index contributed by atoms with van der Waals surface area (Å²) in [4.78, 5) is 63.0. The summed E-state index contributed by atoms with van der Waals surface area (Å²) in [5.74, 6) is -3.94. The quantitative estimate of drug-likeness (QED) is 0.205. The average molecular weight is 579 g/mol. The third kappa shape index (κ3) is 5.26. The SMILES string of the molecule is CC(=O)OC1C2=C(C)CCC(C(OC(C)=O)C3C4(CO4)C(OC(C)=O)CC(OC(C)=O)C3(C)C1OC(C)=O)C2(C)C. The second-order valence-electron chi connectivity index (χ2n) is 12.7. The second kappa shape index (κ2) is 10.7. The van der Waals surface area contributed by atoms with Crippen LogP contribution >= 0.6 is 0 Å². The summed E-state index contributed by atoms with van der Waals surface area (Å²) < 4.78 is 36.2. The van der Waals surface area contributed by atoms with Gasteiger partial charge in [-0.05, 0) is 30.8 Å². The van der Waals surface area contributed by atoms with Gasteiger partial charge in [-0.25, -0.2) is 0 Å². The zero-order chi connectivity index (χ0) is 30.7. The van der Waals surface area contributed by atoms with Crippen molar-refractivity contribution in [2.75, 3.05) is 6.61 Å². The Morgan fingerprint density at radius 2 is 1.27 bits per heavy atom. The van der Waals surface area contributed by atoms with Crippen molar-refractivity contribution in [2.24, 2.45) is 22.7 Å². The molecule has 41 heavy (non-hydrogen) atoms. The van der Waals surface area contributed by atoms with Gasteiger partial charge in [-0.3, -0.25) is 24.0 Å². The molecule has 4 aliphatic rings. The molecule has 0 aromatic heterocycles. The van der Waals surface area contributed by atoms with Gasteiger partial charge in [0.05, 0.1) is 12.0 Å². The standard InChI is InChI=1S/C30H42O11/c1-14-10-11-20-24(39-17(4)33)26-29(9,21(37-15(2)31)12-22(38-16(3)32)30(26)13-36-30)27(41-19(6)35)25(40-18(5)34)23(14)28(20,7)8/h20-22,24-27H,10-13H2,1-9H3. The summed E-state index contributed by atoms with van der Waals surface area (Å²) in [5, 5.41) is 0. The first-order valence-corrected chi connectivity index (χ1v) is 14.2. The minimum absolute atomic E-state index is 0.0373. The van der Waals surface area contributed by atoms with Gasteiger partial charge in [0.25, 0.3) is 0 Å². The molecule has 1 saturated heterocycles. The van der Waals surface area contributed by atoms with E-state index in [-0.39, 0.29) is 18.9 Å². The van der Waals surface area contributed by atoms with Gasteiger partial charge in [-0.15, -0.1) is 0 Å². The van der Waals surface area contributed by atoms with E-state index in [1.807, 2.05) is 20.8 Å². The van der Waals surface area contributed by atoms with Crippen molar-refractivity contribution < 1.29 is 52.4 Å². The van der Waals surface area contributed by atoms with E-state index in [9.17, 15) is 24.0 Å². The van der Waals surface area contributed by atoms with Crippen molar-refractivity contribution >= 4 is 29.8 Å².